The molecular formula is C24H36O3. The molecule has 4 atom stereocenters. The summed E-state index contributed by atoms with van der Waals surface area (Å²) >= 11 is 0. The number of benzene rings is 1. The number of aryl methyl sites for hydroxylation is 1. The number of rotatable bonds is 3. The van der Waals surface area contributed by atoms with E-state index < -0.39 is 0 Å². The van der Waals surface area contributed by atoms with Crippen LogP contribution >= 0.6 is 0 Å². The van der Waals surface area contributed by atoms with E-state index in [0.717, 1.165) is 30.8 Å². The van der Waals surface area contributed by atoms with Gasteiger partial charge in [0.2, 0.25) is 0 Å². The van der Waals surface area contributed by atoms with Crippen LogP contribution in [0.5, 0.6) is 11.5 Å². The average molecular weight is 373 g/mol. The monoisotopic (exact) mass is 372 g/mol. The number of carbonyl (C=O) groups is 1. The van der Waals surface area contributed by atoms with Gasteiger partial charge in [0, 0.05) is 23.5 Å². The summed E-state index contributed by atoms with van der Waals surface area (Å²) in [5.74, 6) is 3.11. The highest BCUT2D eigenvalue weighted by Crippen LogP contribution is 2.64. The second-order valence-corrected chi connectivity index (χ2v) is 9.90. The molecule has 0 amide bonds. The van der Waals surface area contributed by atoms with Crippen LogP contribution in [0.25, 0.3) is 0 Å². The molecule has 1 aromatic rings. The van der Waals surface area contributed by atoms with Gasteiger partial charge in [0.15, 0.2) is 0 Å². The minimum absolute atomic E-state index is 0.0173. The van der Waals surface area contributed by atoms with Crippen molar-refractivity contribution in [1.29, 1.82) is 0 Å². The van der Waals surface area contributed by atoms with Crippen molar-refractivity contribution >= 4 is 5.78 Å². The van der Waals surface area contributed by atoms with Gasteiger partial charge >= 0.3 is 0 Å². The molecule has 0 bridgehead atoms. The van der Waals surface area contributed by atoms with E-state index in [4.69, 9.17) is 9.47 Å². The van der Waals surface area contributed by atoms with Crippen molar-refractivity contribution in [2.45, 2.75) is 72.6 Å². The van der Waals surface area contributed by atoms with Crippen LogP contribution in [0.1, 0.15) is 71.4 Å². The topological polar surface area (TPSA) is 35.5 Å². The summed E-state index contributed by atoms with van der Waals surface area (Å²) in [6.07, 6.45) is 3.87. The summed E-state index contributed by atoms with van der Waals surface area (Å²) in [5, 5.41) is 0. The van der Waals surface area contributed by atoms with E-state index in [0.29, 0.717) is 24.0 Å². The molecule has 3 nitrogen and oxygen atoms in total. The molecule has 0 radical (unpaired) electrons. The van der Waals surface area contributed by atoms with Crippen LogP contribution in [0.2, 0.25) is 0 Å². The third-order valence-electron chi connectivity index (χ3n) is 8.47. The fraction of sp³-hybridized carbons (Fsp3) is 0.708. The van der Waals surface area contributed by atoms with Gasteiger partial charge in [-0.15, -0.1) is 0 Å². The zero-order chi connectivity index (χ0) is 20.2. The molecule has 150 valence electrons. The van der Waals surface area contributed by atoms with Crippen LogP contribution in [-0.2, 0) is 10.2 Å². The quantitative estimate of drug-likeness (QED) is 0.681. The predicted octanol–water partition coefficient (Wildman–Crippen LogP) is 5.71. The van der Waals surface area contributed by atoms with Crippen LogP contribution in [-0.4, -0.2) is 20.0 Å². The second kappa shape index (κ2) is 6.53. The Hall–Kier alpha value is -1.51. The van der Waals surface area contributed by atoms with Crippen LogP contribution in [0, 0.1) is 29.6 Å². The number of fused-ring (bicyclic) bond motifs is 1. The molecule has 0 N–H and O–H groups in total. The largest absolute Gasteiger partial charge is 0.497 e. The van der Waals surface area contributed by atoms with E-state index >= 15 is 0 Å². The van der Waals surface area contributed by atoms with E-state index in [2.05, 4.69) is 47.6 Å². The maximum Gasteiger partial charge on any atom is 0.138 e. The maximum atomic E-state index is 12.6. The smallest absolute Gasteiger partial charge is 0.138 e. The lowest BCUT2D eigenvalue weighted by Gasteiger charge is -2.61. The van der Waals surface area contributed by atoms with Gasteiger partial charge in [0.05, 0.1) is 14.2 Å². The van der Waals surface area contributed by atoms with Crippen molar-refractivity contribution in [2.24, 2.45) is 22.7 Å². The SMILES string of the molecule is COc1cc(C)c([C@@]2(C)CC[C@@H]3C(C)(C)C(=O)CC[C@@]3(C)[C@@H]2C)c(OC)c1. The lowest BCUT2D eigenvalue weighted by Crippen LogP contribution is -2.58. The second-order valence-electron chi connectivity index (χ2n) is 9.90. The molecule has 0 heterocycles. The molecule has 2 fully saturated rings. The molecule has 0 spiro atoms. The first kappa shape index (κ1) is 20.2. The first-order valence-electron chi connectivity index (χ1n) is 10.3. The van der Waals surface area contributed by atoms with Crippen LogP contribution in [0.15, 0.2) is 12.1 Å². The van der Waals surface area contributed by atoms with Gasteiger partial charge in [0.1, 0.15) is 17.3 Å². The van der Waals surface area contributed by atoms with Crippen LogP contribution in [0.4, 0.5) is 0 Å². The lowest BCUT2D eigenvalue weighted by atomic mass is 9.42. The Morgan fingerprint density at radius 1 is 1.04 bits per heavy atom. The third-order valence-corrected chi connectivity index (χ3v) is 8.47. The van der Waals surface area contributed by atoms with Crippen molar-refractivity contribution in [3.63, 3.8) is 0 Å². The first-order chi connectivity index (χ1) is 12.5. The highest BCUT2D eigenvalue weighted by molar-refractivity contribution is 5.85. The van der Waals surface area contributed by atoms with Gasteiger partial charge in [-0.1, -0.05) is 34.6 Å². The highest BCUT2D eigenvalue weighted by atomic mass is 16.5. The van der Waals surface area contributed by atoms with Gasteiger partial charge < -0.3 is 9.47 Å². The lowest BCUT2D eigenvalue weighted by molar-refractivity contribution is -0.151. The minimum atomic E-state index is -0.221. The Morgan fingerprint density at radius 3 is 2.30 bits per heavy atom. The number of ketones is 1. The van der Waals surface area contributed by atoms with Gasteiger partial charge in [-0.25, -0.2) is 0 Å². The van der Waals surface area contributed by atoms with Crippen molar-refractivity contribution in [1.82, 2.24) is 0 Å². The summed E-state index contributed by atoms with van der Waals surface area (Å²) in [4.78, 5) is 12.6. The summed E-state index contributed by atoms with van der Waals surface area (Å²) in [6, 6.07) is 4.14. The first-order valence-corrected chi connectivity index (χ1v) is 10.3. The Kier molecular flexibility index (Phi) is 4.89. The molecule has 2 aliphatic rings. The van der Waals surface area contributed by atoms with E-state index in [-0.39, 0.29) is 16.2 Å². The molecule has 3 rings (SSSR count). The van der Waals surface area contributed by atoms with Crippen LogP contribution in [0.3, 0.4) is 0 Å². The minimum Gasteiger partial charge on any atom is -0.497 e. The summed E-state index contributed by atoms with van der Waals surface area (Å²) < 4.78 is 11.3. The zero-order valence-corrected chi connectivity index (χ0v) is 18.4. The number of methoxy groups -OCH3 is 2. The van der Waals surface area contributed by atoms with Crippen molar-refractivity contribution in [3.8, 4) is 11.5 Å². The number of Topliss-reactive ketones (excluding diaryl/α,β-unsaturated/α-hetero) is 1. The molecule has 2 saturated carbocycles. The molecule has 0 unspecified atom stereocenters. The Morgan fingerprint density at radius 2 is 1.70 bits per heavy atom. The Bertz CT molecular complexity index is 750. The molecule has 2 aliphatic carbocycles. The van der Waals surface area contributed by atoms with Crippen molar-refractivity contribution in [3.05, 3.63) is 23.3 Å². The van der Waals surface area contributed by atoms with Gasteiger partial charge in [0.25, 0.3) is 0 Å². The number of hydrogen-bond donors (Lipinski definition) is 0. The van der Waals surface area contributed by atoms with Crippen LogP contribution < -0.4 is 9.47 Å². The predicted molar refractivity (Wildman–Crippen MR) is 110 cm³/mol. The third kappa shape index (κ3) is 2.80. The van der Waals surface area contributed by atoms with Crippen molar-refractivity contribution < 1.29 is 14.3 Å². The molecule has 0 saturated heterocycles. The summed E-state index contributed by atoms with van der Waals surface area (Å²) in [6.45, 7) is 13.7. The summed E-state index contributed by atoms with van der Waals surface area (Å²) in [5.41, 5.74) is 2.49. The highest BCUT2D eigenvalue weighted by Gasteiger charge is 2.59. The average Bonchev–Trinajstić information content (AvgIpc) is 2.62. The number of hydrogen-bond acceptors (Lipinski definition) is 3. The van der Waals surface area contributed by atoms with Gasteiger partial charge in [-0.3, -0.25) is 4.79 Å². The molecule has 3 heteroatoms. The fourth-order valence-corrected chi connectivity index (χ4v) is 6.57. The number of carbonyl (C=O) groups excluding carboxylic acids is 1. The molecular weight excluding hydrogens is 336 g/mol. The van der Waals surface area contributed by atoms with Gasteiger partial charge in [-0.05, 0) is 60.5 Å². The molecule has 0 aliphatic heterocycles. The fourth-order valence-electron chi connectivity index (χ4n) is 6.57. The van der Waals surface area contributed by atoms with E-state index in [1.165, 1.54) is 11.1 Å². The Labute approximate surface area is 164 Å². The molecule has 27 heavy (non-hydrogen) atoms. The van der Waals surface area contributed by atoms with Crippen molar-refractivity contribution in [2.75, 3.05) is 14.2 Å². The maximum absolute atomic E-state index is 12.6. The van der Waals surface area contributed by atoms with E-state index in [9.17, 15) is 4.79 Å². The van der Waals surface area contributed by atoms with E-state index in [1.807, 2.05) is 6.07 Å². The summed E-state index contributed by atoms with van der Waals surface area (Å²) in [7, 11) is 3.45. The normalized spacial score (nSPS) is 35.5. The van der Waals surface area contributed by atoms with Gasteiger partial charge in [-0.2, -0.15) is 0 Å². The molecule has 1 aromatic carbocycles. The zero-order valence-electron chi connectivity index (χ0n) is 18.4. The molecule has 0 aromatic heterocycles. The standard InChI is InChI=1S/C24H36O3/c1-15-13-17(26-7)14-18(27-8)21(15)24(6)11-9-19-22(3,4)20(25)10-12-23(19,5)16(24)2/h13-14,16,19H,9-12H2,1-8H3/t16-,19+,23-,24-/m0/s1. The van der Waals surface area contributed by atoms with E-state index in [1.54, 1.807) is 14.2 Å². The number of ether oxygens (including phenoxy) is 2. The Balaban J connectivity index is 2.11.